The quantitative estimate of drug-likeness (QED) is 0.607. The maximum Gasteiger partial charge on any atom is 0.256 e. The molecule has 0 unspecified atom stereocenters. The second kappa shape index (κ2) is 8.14. The Morgan fingerprint density at radius 1 is 1.30 bits per heavy atom. The summed E-state index contributed by atoms with van der Waals surface area (Å²) in [4.78, 5) is 18.5. The van der Waals surface area contributed by atoms with Gasteiger partial charge in [-0.3, -0.25) is 9.20 Å². The number of halogens is 1. The molecule has 3 aromatic rings. The van der Waals surface area contributed by atoms with Crippen LogP contribution in [0.4, 0.5) is 10.1 Å². The molecule has 9 heteroatoms. The fraction of sp³-hybridized carbons (Fsp3) is 0.278. The van der Waals surface area contributed by atoms with Gasteiger partial charge in [-0.1, -0.05) is 11.8 Å². The van der Waals surface area contributed by atoms with Crippen molar-refractivity contribution in [2.24, 2.45) is 0 Å². The Bertz CT molecular complexity index is 1010. The number of nitriles is 1. The standard InChI is InChI=1S/C18H17FN6OS/c1-12-10-13(2)25-17(21-12)22-23-18(25)27-11-16(26)24(9-3-8-20)15-6-4-14(19)5-7-15/h4-7,10H,3,9,11H2,1-2H3. The Morgan fingerprint density at radius 3 is 2.74 bits per heavy atom. The number of carbonyl (C=O) groups is 1. The zero-order valence-electron chi connectivity index (χ0n) is 14.9. The Labute approximate surface area is 159 Å². The van der Waals surface area contributed by atoms with Crippen molar-refractivity contribution in [1.29, 1.82) is 5.26 Å². The van der Waals surface area contributed by atoms with Crippen LogP contribution in [0.2, 0.25) is 0 Å². The molecule has 0 radical (unpaired) electrons. The van der Waals surface area contributed by atoms with Crippen LogP contribution in [0.5, 0.6) is 0 Å². The van der Waals surface area contributed by atoms with Crippen molar-refractivity contribution >= 4 is 29.1 Å². The third kappa shape index (κ3) is 4.23. The number of aryl methyl sites for hydroxylation is 2. The van der Waals surface area contributed by atoms with Crippen molar-refractivity contribution in [3.63, 3.8) is 0 Å². The molecule has 0 aliphatic heterocycles. The van der Waals surface area contributed by atoms with E-state index >= 15 is 0 Å². The minimum absolute atomic E-state index is 0.108. The van der Waals surface area contributed by atoms with Gasteiger partial charge in [0.1, 0.15) is 5.82 Å². The van der Waals surface area contributed by atoms with Crippen LogP contribution < -0.4 is 4.90 Å². The van der Waals surface area contributed by atoms with Crippen molar-refractivity contribution in [3.8, 4) is 6.07 Å². The molecule has 0 saturated heterocycles. The number of fused-ring (bicyclic) bond motifs is 1. The van der Waals surface area contributed by atoms with E-state index in [2.05, 4.69) is 15.2 Å². The minimum Gasteiger partial charge on any atom is -0.311 e. The van der Waals surface area contributed by atoms with Crippen LogP contribution in [-0.2, 0) is 4.79 Å². The van der Waals surface area contributed by atoms with E-state index in [-0.39, 0.29) is 30.4 Å². The average molecular weight is 384 g/mol. The first-order chi connectivity index (χ1) is 13.0. The predicted octanol–water partition coefficient (Wildman–Crippen LogP) is 2.92. The lowest BCUT2D eigenvalue weighted by atomic mass is 10.2. The van der Waals surface area contributed by atoms with E-state index in [0.717, 1.165) is 11.4 Å². The van der Waals surface area contributed by atoms with Crippen molar-refractivity contribution in [2.45, 2.75) is 25.4 Å². The van der Waals surface area contributed by atoms with E-state index in [4.69, 9.17) is 5.26 Å². The summed E-state index contributed by atoms with van der Waals surface area (Å²) in [5.41, 5.74) is 2.33. The first kappa shape index (κ1) is 18.8. The predicted molar refractivity (Wildman–Crippen MR) is 100.0 cm³/mol. The molecule has 0 aliphatic rings. The number of anilines is 1. The van der Waals surface area contributed by atoms with Crippen LogP contribution in [-0.4, -0.2) is 37.8 Å². The van der Waals surface area contributed by atoms with Gasteiger partial charge in [-0.15, -0.1) is 10.2 Å². The summed E-state index contributed by atoms with van der Waals surface area (Å²) in [6.45, 7) is 4.05. The molecule has 0 N–H and O–H groups in total. The first-order valence-electron chi connectivity index (χ1n) is 8.24. The maximum atomic E-state index is 13.2. The Balaban J connectivity index is 1.78. The minimum atomic E-state index is -0.381. The van der Waals surface area contributed by atoms with E-state index in [1.165, 1.54) is 40.9 Å². The number of hydrogen-bond donors (Lipinski definition) is 0. The van der Waals surface area contributed by atoms with Gasteiger partial charge < -0.3 is 4.90 Å². The molecule has 0 aliphatic carbocycles. The SMILES string of the molecule is Cc1cc(C)n2c(SCC(=O)N(CCC#N)c3ccc(F)cc3)nnc2n1. The zero-order chi connectivity index (χ0) is 19.4. The van der Waals surface area contributed by atoms with Gasteiger partial charge in [-0.2, -0.15) is 5.26 Å². The molecule has 2 heterocycles. The molecular formula is C18H17FN6OS. The van der Waals surface area contributed by atoms with E-state index in [1.54, 1.807) is 4.40 Å². The molecule has 1 aromatic carbocycles. The summed E-state index contributed by atoms with van der Waals surface area (Å²) in [7, 11) is 0. The lowest BCUT2D eigenvalue weighted by Crippen LogP contribution is -2.33. The number of aromatic nitrogens is 4. The Morgan fingerprint density at radius 2 is 2.04 bits per heavy atom. The molecule has 0 fully saturated rings. The van der Waals surface area contributed by atoms with Crippen LogP contribution in [0.3, 0.4) is 0 Å². The highest BCUT2D eigenvalue weighted by Crippen LogP contribution is 2.21. The fourth-order valence-corrected chi connectivity index (χ4v) is 3.54. The van der Waals surface area contributed by atoms with Gasteiger partial charge in [-0.25, -0.2) is 9.37 Å². The molecular weight excluding hydrogens is 367 g/mol. The largest absolute Gasteiger partial charge is 0.311 e. The lowest BCUT2D eigenvalue weighted by Gasteiger charge is -2.21. The Hall–Kier alpha value is -2.99. The van der Waals surface area contributed by atoms with Gasteiger partial charge in [0.25, 0.3) is 5.78 Å². The fourth-order valence-electron chi connectivity index (χ4n) is 2.68. The number of carbonyl (C=O) groups excluding carboxylic acids is 1. The first-order valence-corrected chi connectivity index (χ1v) is 9.23. The van der Waals surface area contributed by atoms with Gasteiger partial charge in [0.2, 0.25) is 5.91 Å². The molecule has 0 spiro atoms. The van der Waals surface area contributed by atoms with Gasteiger partial charge in [-0.05, 0) is 44.2 Å². The van der Waals surface area contributed by atoms with Crippen LogP contribution in [0.1, 0.15) is 17.8 Å². The average Bonchev–Trinajstić information content (AvgIpc) is 3.04. The highest BCUT2D eigenvalue weighted by atomic mass is 32.2. The molecule has 0 saturated carbocycles. The summed E-state index contributed by atoms with van der Waals surface area (Å²) < 4.78 is 15.0. The summed E-state index contributed by atoms with van der Waals surface area (Å²) in [5.74, 6) is 0.0179. The van der Waals surface area contributed by atoms with E-state index in [0.29, 0.717) is 16.6 Å². The van der Waals surface area contributed by atoms with Crippen LogP contribution in [0.15, 0.2) is 35.5 Å². The van der Waals surface area contributed by atoms with Gasteiger partial charge in [0.05, 0.1) is 18.2 Å². The second-order valence-electron chi connectivity index (χ2n) is 5.88. The highest BCUT2D eigenvalue weighted by molar-refractivity contribution is 7.99. The van der Waals surface area contributed by atoms with Crippen LogP contribution >= 0.6 is 11.8 Å². The molecule has 138 valence electrons. The molecule has 3 rings (SSSR count). The Kier molecular flexibility index (Phi) is 5.66. The molecule has 1 amide bonds. The number of benzene rings is 1. The lowest BCUT2D eigenvalue weighted by molar-refractivity contribution is -0.116. The van der Waals surface area contributed by atoms with Crippen molar-refractivity contribution in [3.05, 3.63) is 47.5 Å². The van der Waals surface area contributed by atoms with Crippen molar-refractivity contribution in [2.75, 3.05) is 17.2 Å². The van der Waals surface area contributed by atoms with Crippen molar-refractivity contribution in [1.82, 2.24) is 19.6 Å². The van der Waals surface area contributed by atoms with Crippen molar-refractivity contribution < 1.29 is 9.18 Å². The zero-order valence-corrected chi connectivity index (χ0v) is 15.7. The molecule has 7 nitrogen and oxygen atoms in total. The number of amides is 1. The normalized spacial score (nSPS) is 10.7. The number of rotatable bonds is 6. The van der Waals surface area contributed by atoms with Crippen LogP contribution in [0.25, 0.3) is 5.78 Å². The molecule has 0 bridgehead atoms. The summed E-state index contributed by atoms with van der Waals surface area (Å²) in [6.07, 6.45) is 0.184. The number of hydrogen-bond acceptors (Lipinski definition) is 6. The van der Waals surface area contributed by atoms with E-state index < -0.39 is 0 Å². The highest BCUT2D eigenvalue weighted by Gasteiger charge is 2.18. The smallest absolute Gasteiger partial charge is 0.256 e. The third-order valence-electron chi connectivity index (χ3n) is 3.87. The van der Waals surface area contributed by atoms with E-state index in [1.807, 2.05) is 26.0 Å². The monoisotopic (exact) mass is 384 g/mol. The van der Waals surface area contributed by atoms with Gasteiger partial charge >= 0.3 is 0 Å². The molecule has 0 atom stereocenters. The van der Waals surface area contributed by atoms with Crippen LogP contribution in [0, 0.1) is 31.0 Å². The number of thioether (sulfide) groups is 1. The third-order valence-corrected chi connectivity index (χ3v) is 4.79. The van der Waals surface area contributed by atoms with Gasteiger partial charge in [0.15, 0.2) is 5.16 Å². The molecule has 2 aromatic heterocycles. The summed E-state index contributed by atoms with van der Waals surface area (Å²) in [5, 5.41) is 17.6. The summed E-state index contributed by atoms with van der Waals surface area (Å²) in [6, 6.07) is 9.58. The molecule has 27 heavy (non-hydrogen) atoms. The second-order valence-corrected chi connectivity index (χ2v) is 6.82. The van der Waals surface area contributed by atoms with E-state index in [9.17, 15) is 9.18 Å². The van der Waals surface area contributed by atoms with Gasteiger partial charge in [0, 0.05) is 23.6 Å². The topological polar surface area (TPSA) is 87.2 Å². The number of nitrogens with zero attached hydrogens (tertiary/aromatic N) is 6. The summed E-state index contributed by atoms with van der Waals surface area (Å²) >= 11 is 1.25. The maximum absolute atomic E-state index is 13.2.